The average Bonchev–Trinajstić information content (AvgIpc) is 2.42. The summed E-state index contributed by atoms with van der Waals surface area (Å²) in [6.07, 6.45) is 2.09. The Morgan fingerprint density at radius 3 is 2.83 bits per heavy atom. The molecule has 68 valence electrons. The van der Waals surface area contributed by atoms with Gasteiger partial charge in [-0.25, -0.2) is 4.98 Å². The predicted octanol–water partition coefficient (Wildman–Crippen LogP) is 1.32. The van der Waals surface area contributed by atoms with Crippen molar-refractivity contribution < 1.29 is 0 Å². The van der Waals surface area contributed by atoms with Crippen molar-refractivity contribution in [3.05, 3.63) is 17.7 Å². The molecule has 0 unspecified atom stereocenters. The number of nitrogens with zero attached hydrogens (tertiary/aromatic N) is 2. The van der Waals surface area contributed by atoms with E-state index in [0.717, 1.165) is 31.2 Å². The van der Waals surface area contributed by atoms with Gasteiger partial charge in [0, 0.05) is 12.7 Å². The molecule has 0 saturated heterocycles. The van der Waals surface area contributed by atoms with E-state index in [1.165, 1.54) is 0 Å². The fraction of sp³-hybridized carbons (Fsp3) is 0.667. The largest absolute Gasteiger partial charge is 0.334 e. The molecular formula is C9H17N3. The molecule has 1 heterocycles. The quantitative estimate of drug-likeness (QED) is 0.733. The van der Waals surface area contributed by atoms with Gasteiger partial charge >= 0.3 is 0 Å². The highest BCUT2D eigenvalue weighted by atomic mass is 15.1. The fourth-order valence-corrected chi connectivity index (χ4v) is 1.25. The Balaban J connectivity index is 2.68. The first-order valence-corrected chi connectivity index (χ1v) is 4.51. The van der Waals surface area contributed by atoms with Crippen molar-refractivity contribution in [2.75, 3.05) is 6.54 Å². The van der Waals surface area contributed by atoms with Gasteiger partial charge in [0.1, 0.15) is 5.82 Å². The van der Waals surface area contributed by atoms with Gasteiger partial charge in [-0.3, -0.25) is 0 Å². The molecular weight excluding hydrogens is 150 g/mol. The summed E-state index contributed by atoms with van der Waals surface area (Å²) in [6, 6.07) is 0. The predicted molar refractivity (Wildman–Crippen MR) is 50.0 cm³/mol. The van der Waals surface area contributed by atoms with Crippen LogP contribution in [0, 0.1) is 6.92 Å². The molecule has 0 aliphatic rings. The van der Waals surface area contributed by atoms with Crippen LogP contribution in [0.15, 0.2) is 6.20 Å². The second-order valence-corrected chi connectivity index (χ2v) is 2.86. The summed E-state index contributed by atoms with van der Waals surface area (Å²) in [4.78, 5) is 4.42. The smallest absolute Gasteiger partial charge is 0.122 e. The van der Waals surface area contributed by atoms with E-state index in [9.17, 15) is 0 Å². The van der Waals surface area contributed by atoms with E-state index in [1.54, 1.807) is 0 Å². The molecule has 0 spiro atoms. The van der Waals surface area contributed by atoms with Crippen molar-refractivity contribution in [1.82, 2.24) is 14.9 Å². The van der Waals surface area contributed by atoms with Gasteiger partial charge in [0.2, 0.25) is 0 Å². The molecule has 1 aromatic heterocycles. The molecule has 0 amide bonds. The number of rotatable bonds is 4. The third-order valence-corrected chi connectivity index (χ3v) is 1.85. The van der Waals surface area contributed by atoms with Crippen LogP contribution in [0.25, 0.3) is 0 Å². The number of aryl methyl sites for hydroxylation is 2. The van der Waals surface area contributed by atoms with Gasteiger partial charge in [-0.15, -0.1) is 0 Å². The van der Waals surface area contributed by atoms with E-state index in [2.05, 4.69) is 34.9 Å². The average molecular weight is 167 g/mol. The summed E-state index contributed by atoms with van der Waals surface area (Å²) < 4.78 is 2.18. The molecule has 3 nitrogen and oxygen atoms in total. The molecule has 1 N–H and O–H groups in total. The second-order valence-electron chi connectivity index (χ2n) is 2.86. The zero-order valence-corrected chi connectivity index (χ0v) is 8.09. The molecule has 0 saturated carbocycles. The molecule has 0 aliphatic heterocycles. The molecule has 0 fully saturated rings. The second kappa shape index (κ2) is 4.26. The van der Waals surface area contributed by atoms with Crippen LogP contribution in [0.4, 0.5) is 0 Å². The third-order valence-electron chi connectivity index (χ3n) is 1.85. The van der Waals surface area contributed by atoms with E-state index in [-0.39, 0.29) is 0 Å². The zero-order chi connectivity index (χ0) is 8.97. The van der Waals surface area contributed by atoms with Gasteiger partial charge in [0.05, 0.1) is 12.2 Å². The van der Waals surface area contributed by atoms with E-state index in [4.69, 9.17) is 0 Å². The van der Waals surface area contributed by atoms with Crippen molar-refractivity contribution in [2.45, 2.75) is 33.9 Å². The van der Waals surface area contributed by atoms with Gasteiger partial charge in [-0.2, -0.15) is 0 Å². The van der Waals surface area contributed by atoms with Crippen molar-refractivity contribution in [1.29, 1.82) is 0 Å². The maximum Gasteiger partial charge on any atom is 0.122 e. The highest BCUT2D eigenvalue weighted by Crippen LogP contribution is 2.01. The lowest BCUT2D eigenvalue weighted by Crippen LogP contribution is -2.15. The SMILES string of the molecule is CCNCc1nc(C)cn1CC. The fourth-order valence-electron chi connectivity index (χ4n) is 1.25. The van der Waals surface area contributed by atoms with Gasteiger partial charge in [-0.1, -0.05) is 6.92 Å². The maximum absolute atomic E-state index is 4.42. The van der Waals surface area contributed by atoms with Crippen LogP contribution in [-0.2, 0) is 13.1 Å². The molecule has 0 atom stereocenters. The molecule has 0 aromatic carbocycles. The lowest BCUT2D eigenvalue weighted by Gasteiger charge is -2.03. The lowest BCUT2D eigenvalue weighted by atomic mass is 10.5. The number of hydrogen-bond acceptors (Lipinski definition) is 2. The van der Waals surface area contributed by atoms with Crippen LogP contribution in [0.1, 0.15) is 25.4 Å². The molecule has 1 aromatic rings. The van der Waals surface area contributed by atoms with E-state index < -0.39 is 0 Å². The molecule has 1 rings (SSSR count). The normalized spacial score (nSPS) is 10.6. The van der Waals surface area contributed by atoms with Crippen molar-refractivity contribution in [2.24, 2.45) is 0 Å². The Hall–Kier alpha value is -0.830. The van der Waals surface area contributed by atoms with Crippen LogP contribution >= 0.6 is 0 Å². The Labute approximate surface area is 73.8 Å². The summed E-state index contributed by atoms with van der Waals surface area (Å²) >= 11 is 0. The molecule has 3 heteroatoms. The van der Waals surface area contributed by atoms with Crippen LogP contribution in [0.3, 0.4) is 0 Å². The van der Waals surface area contributed by atoms with Gasteiger partial charge in [0.25, 0.3) is 0 Å². The lowest BCUT2D eigenvalue weighted by molar-refractivity contribution is 0.628. The van der Waals surface area contributed by atoms with E-state index >= 15 is 0 Å². The van der Waals surface area contributed by atoms with Crippen LogP contribution < -0.4 is 5.32 Å². The van der Waals surface area contributed by atoms with Crippen molar-refractivity contribution >= 4 is 0 Å². The zero-order valence-electron chi connectivity index (χ0n) is 8.09. The van der Waals surface area contributed by atoms with Crippen LogP contribution in [0.2, 0.25) is 0 Å². The van der Waals surface area contributed by atoms with Gasteiger partial charge in [0.15, 0.2) is 0 Å². The Kier molecular flexibility index (Phi) is 3.29. The van der Waals surface area contributed by atoms with Crippen LogP contribution in [0.5, 0.6) is 0 Å². The first kappa shape index (κ1) is 9.26. The summed E-state index contributed by atoms with van der Waals surface area (Å²) in [5.41, 5.74) is 1.10. The van der Waals surface area contributed by atoms with E-state index in [1.807, 2.05) is 6.92 Å². The standard InChI is InChI=1S/C9H17N3/c1-4-10-6-9-11-8(3)7-12(9)5-2/h7,10H,4-6H2,1-3H3. The summed E-state index contributed by atoms with van der Waals surface area (Å²) in [5.74, 6) is 1.14. The summed E-state index contributed by atoms with van der Waals surface area (Å²) in [6.45, 7) is 9.14. The highest BCUT2D eigenvalue weighted by Gasteiger charge is 2.01. The van der Waals surface area contributed by atoms with Crippen molar-refractivity contribution in [3.63, 3.8) is 0 Å². The topological polar surface area (TPSA) is 29.9 Å². The van der Waals surface area contributed by atoms with Gasteiger partial charge < -0.3 is 9.88 Å². The number of aromatic nitrogens is 2. The minimum absolute atomic E-state index is 0.873. The minimum atomic E-state index is 0.873. The first-order valence-electron chi connectivity index (χ1n) is 4.51. The minimum Gasteiger partial charge on any atom is -0.334 e. The summed E-state index contributed by atoms with van der Waals surface area (Å²) in [5, 5.41) is 3.27. The third kappa shape index (κ3) is 2.08. The monoisotopic (exact) mass is 167 g/mol. The van der Waals surface area contributed by atoms with Crippen LogP contribution in [-0.4, -0.2) is 16.1 Å². The summed E-state index contributed by atoms with van der Waals surface area (Å²) in [7, 11) is 0. The molecule has 0 aliphatic carbocycles. The number of hydrogen-bond donors (Lipinski definition) is 1. The Bertz CT molecular complexity index is 240. The number of nitrogens with one attached hydrogen (secondary N) is 1. The van der Waals surface area contributed by atoms with Crippen molar-refractivity contribution in [3.8, 4) is 0 Å². The van der Waals surface area contributed by atoms with Gasteiger partial charge in [-0.05, 0) is 20.4 Å². The molecule has 12 heavy (non-hydrogen) atoms. The highest BCUT2D eigenvalue weighted by molar-refractivity contribution is 5.01. The Morgan fingerprint density at radius 1 is 1.50 bits per heavy atom. The molecule has 0 radical (unpaired) electrons. The molecule has 0 bridgehead atoms. The first-order chi connectivity index (χ1) is 5.77. The Morgan fingerprint density at radius 2 is 2.25 bits per heavy atom. The maximum atomic E-state index is 4.42. The number of imidazole rings is 1. The van der Waals surface area contributed by atoms with E-state index in [0.29, 0.717) is 0 Å².